The second kappa shape index (κ2) is 11.5. The fraction of sp³-hybridized carbons (Fsp3) is 0.556. The minimum absolute atomic E-state index is 0.0134. The quantitative estimate of drug-likeness (QED) is 0.457. The van der Waals surface area contributed by atoms with E-state index in [9.17, 15) is 9.59 Å². The topological polar surface area (TPSA) is 65.1 Å². The van der Waals surface area contributed by atoms with E-state index in [-0.39, 0.29) is 18.3 Å². The lowest BCUT2D eigenvalue weighted by Gasteiger charge is -2.22. The summed E-state index contributed by atoms with van der Waals surface area (Å²) in [5, 5.41) is 0. The van der Waals surface area contributed by atoms with E-state index >= 15 is 0 Å². The molecule has 1 rings (SSSR count). The van der Waals surface area contributed by atoms with Crippen molar-refractivity contribution in [3.8, 4) is 5.75 Å². The van der Waals surface area contributed by atoms with Gasteiger partial charge in [0, 0.05) is 26.3 Å². The highest BCUT2D eigenvalue weighted by Crippen LogP contribution is 2.12. The first-order chi connectivity index (χ1) is 11.6. The number of amides is 1. The number of carbonyl (C=O) groups is 2. The van der Waals surface area contributed by atoms with Crippen LogP contribution in [0.4, 0.5) is 0 Å². The maximum Gasteiger partial charge on any atom is 0.307 e. The maximum atomic E-state index is 12.5. The van der Waals surface area contributed by atoms with Crippen molar-refractivity contribution < 1.29 is 23.8 Å². The van der Waals surface area contributed by atoms with Crippen LogP contribution >= 0.6 is 0 Å². The Morgan fingerprint density at radius 2 is 1.79 bits per heavy atom. The molecule has 0 aromatic heterocycles. The molecule has 0 saturated heterocycles. The van der Waals surface area contributed by atoms with Gasteiger partial charge in [-0.3, -0.25) is 9.59 Å². The molecule has 0 fully saturated rings. The summed E-state index contributed by atoms with van der Waals surface area (Å²) in [4.78, 5) is 25.6. The van der Waals surface area contributed by atoms with Crippen LogP contribution in [0.15, 0.2) is 24.3 Å². The molecule has 1 amide bonds. The molecule has 0 radical (unpaired) electrons. The van der Waals surface area contributed by atoms with Crippen molar-refractivity contribution in [2.75, 3.05) is 40.5 Å². The highest BCUT2D eigenvalue weighted by Gasteiger charge is 2.15. The summed E-state index contributed by atoms with van der Waals surface area (Å²) in [5.74, 6) is 0.424. The normalized spacial score (nSPS) is 10.3. The smallest absolute Gasteiger partial charge is 0.307 e. The predicted octanol–water partition coefficient (Wildman–Crippen LogP) is 2.06. The van der Waals surface area contributed by atoms with Crippen LogP contribution in [0.5, 0.6) is 5.75 Å². The number of methoxy groups -OCH3 is 2. The molecule has 6 heteroatoms. The second-order valence-electron chi connectivity index (χ2n) is 5.28. The Balaban J connectivity index is 2.60. The number of rotatable bonds is 11. The van der Waals surface area contributed by atoms with E-state index in [1.165, 1.54) is 7.11 Å². The van der Waals surface area contributed by atoms with Gasteiger partial charge in [-0.2, -0.15) is 0 Å². The largest absolute Gasteiger partial charge is 0.497 e. The van der Waals surface area contributed by atoms with Crippen molar-refractivity contribution in [1.82, 2.24) is 4.90 Å². The highest BCUT2D eigenvalue weighted by molar-refractivity contribution is 5.79. The zero-order valence-corrected chi connectivity index (χ0v) is 14.7. The van der Waals surface area contributed by atoms with Crippen LogP contribution in [0, 0.1) is 0 Å². The zero-order valence-electron chi connectivity index (χ0n) is 14.7. The van der Waals surface area contributed by atoms with Crippen molar-refractivity contribution in [3.05, 3.63) is 29.8 Å². The van der Waals surface area contributed by atoms with Gasteiger partial charge in [-0.15, -0.1) is 0 Å². The van der Waals surface area contributed by atoms with Crippen molar-refractivity contribution >= 4 is 11.9 Å². The molecule has 0 aliphatic heterocycles. The minimum atomic E-state index is -0.318. The molecule has 0 saturated carbocycles. The molecule has 0 N–H and O–H groups in total. The second-order valence-corrected chi connectivity index (χ2v) is 5.28. The van der Waals surface area contributed by atoms with Gasteiger partial charge >= 0.3 is 5.97 Å². The summed E-state index contributed by atoms with van der Waals surface area (Å²) in [6, 6.07) is 7.40. The lowest BCUT2D eigenvalue weighted by Crippen LogP contribution is -2.35. The molecule has 0 heterocycles. The first-order valence-corrected chi connectivity index (χ1v) is 8.16. The number of hydrogen-bond acceptors (Lipinski definition) is 5. The lowest BCUT2D eigenvalue weighted by atomic mass is 10.1. The maximum absolute atomic E-state index is 12.5. The Hall–Kier alpha value is -2.08. The van der Waals surface area contributed by atoms with Gasteiger partial charge in [0.25, 0.3) is 0 Å². The molecule has 0 aliphatic rings. The summed E-state index contributed by atoms with van der Waals surface area (Å²) in [7, 11) is 2.95. The van der Waals surface area contributed by atoms with E-state index < -0.39 is 0 Å². The molecule has 0 aliphatic carbocycles. The van der Waals surface area contributed by atoms with Gasteiger partial charge in [0.2, 0.25) is 5.91 Å². The van der Waals surface area contributed by atoms with E-state index in [0.29, 0.717) is 32.7 Å². The highest BCUT2D eigenvalue weighted by atomic mass is 16.5. The zero-order chi connectivity index (χ0) is 17.8. The SMILES string of the molecule is CCOCCCN(CCC(=O)OC)C(=O)Cc1ccc(OC)cc1. The minimum Gasteiger partial charge on any atom is -0.497 e. The average molecular weight is 337 g/mol. The molecule has 24 heavy (non-hydrogen) atoms. The van der Waals surface area contributed by atoms with Crippen LogP contribution in [-0.2, 0) is 25.5 Å². The predicted molar refractivity (Wildman–Crippen MR) is 91.0 cm³/mol. The van der Waals surface area contributed by atoms with Crippen molar-refractivity contribution in [2.45, 2.75) is 26.2 Å². The molecule has 1 aromatic carbocycles. The van der Waals surface area contributed by atoms with Crippen LogP contribution in [0.1, 0.15) is 25.3 Å². The molecule has 0 spiro atoms. The fourth-order valence-electron chi connectivity index (χ4n) is 2.22. The van der Waals surface area contributed by atoms with Gasteiger partial charge in [0.15, 0.2) is 0 Å². The van der Waals surface area contributed by atoms with E-state index in [1.807, 2.05) is 31.2 Å². The Morgan fingerprint density at radius 1 is 1.08 bits per heavy atom. The van der Waals surface area contributed by atoms with Gasteiger partial charge in [-0.05, 0) is 31.0 Å². The number of benzene rings is 1. The van der Waals surface area contributed by atoms with Crippen LogP contribution in [0.3, 0.4) is 0 Å². The van der Waals surface area contributed by atoms with Crippen molar-refractivity contribution in [3.63, 3.8) is 0 Å². The van der Waals surface area contributed by atoms with Gasteiger partial charge < -0.3 is 19.1 Å². The Labute approximate surface area is 143 Å². The number of esters is 1. The molecule has 0 unspecified atom stereocenters. The fourth-order valence-corrected chi connectivity index (χ4v) is 2.22. The van der Waals surface area contributed by atoms with Crippen LogP contribution in [0.25, 0.3) is 0 Å². The first kappa shape index (κ1) is 20.0. The van der Waals surface area contributed by atoms with E-state index in [1.54, 1.807) is 12.0 Å². The number of nitrogens with zero attached hydrogens (tertiary/aromatic N) is 1. The van der Waals surface area contributed by atoms with Crippen molar-refractivity contribution in [2.24, 2.45) is 0 Å². The van der Waals surface area contributed by atoms with Crippen LogP contribution in [0.2, 0.25) is 0 Å². The Bertz CT molecular complexity index is 501. The summed E-state index contributed by atoms with van der Waals surface area (Å²) in [6.45, 7) is 4.10. The number of ether oxygens (including phenoxy) is 3. The molecule has 134 valence electrons. The molecule has 0 atom stereocenters. The molecular formula is C18H27NO5. The Morgan fingerprint density at radius 3 is 2.38 bits per heavy atom. The van der Waals surface area contributed by atoms with E-state index in [2.05, 4.69) is 4.74 Å². The Kier molecular flexibility index (Phi) is 9.53. The van der Waals surface area contributed by atoms with Crippen LogP contribution in [-0.4, -0.2) is 57.3 Å². The summed E-state index contributed by atoms with van der Waals surface area (Å²) in [6.07, 6.45) is 1.22. The molecule has 6 nitrogen and oxygen atoms in total. The van der Waals surface area contributed by atoms with Crippen LogP contribution < -0.4 is 4.74 Å². The van der Waals surface area contributed by atoms with Gasteiger partial charge in [-0.1, -0.05) is 12.1 Å². The molecule has 0 bridgehead atoms. The summed E-state index contributed by atoms with van der Waals surface area (Å²) in [5.41, 5.74) is 0.911. The summed E-state index contributed by atoms with van der Waals surface area (Å²) < 4.78 is 15.1. The molecular weight excluding hydrogens is 310 g/mol. The van der Waals surface area contributed by atoms with Gasteiger partial charge in [-0.25, -0.2) is 0 Å². The monoisotopic (exact) mass is 337 g/mol. The van der Waals surface area contributed by atoms with Gasteiger partial charge in [0.1, 0.15) is 5.75 Å². The lowest BCUT2D eigenvalue weighted by molar-refractivity contribution is -0.141. The van der Waals surface area contributed by atoms with E-state index in [4.69, 9.17) is 9.47 Å². The van der Waals surface area contributed by atoms with Gasteiger partial charge in [0.05, 0.1) is 27.1 Å². The third kappa shape index (κ3) is 7.46. The van der Waals surface area contributed by atoms with E-state index in [0.717, 1.165) is 17.7 Å². The third-order valence-electron chi connectivity index (χ3n) is 3.60. The standard InChI is InChI=1S/C18H27NO5/c1-4-24-13-5-11-19(12-10-18(21)23-3)17(20)14-15-6-8-16(22-2)9-7-15/h6-9H,4-5,10-14H2,1-3H3. The number of hydrogen-bond donors (Lipinski definition) is 0. The molecule has 1 aromatic rings. The third-order valence-corrected chi connectivity index (χ3v) is 3.60. The average Bonchev–Trinajstić information content (AvgIpc) is 2.61. The summed E-state index contributed by atoms with van der Waals surface area (Å²) >= 11 is 0. The number of carbonyl (C=O) groups excluding carboxylic acids is 2. The van der Waals surface area contributed by atoms with Crippen molar-refractivity contribution in [1.29, 1.82) is 0 Å². The first-order valence-electron chi connectivity index (χ1n) is 8.16.